The van der Waals surface area contributed by atoms with Crippen LogP contribution in [0, 0.1) is 3.95 Å². The quantitative estimate of drug-likeness (QED) is 0.497. The first-order valence-corrected chi connectivity index (χ1v) is 9.26. The molecule has 3 rings (SSSR count). The van der Waals surface area contributed by atoms with E-state index in [4.69, 9.17) is 16.7 Å². The van der Waals surface area contributed by atoms with Crippen molar-refractivity contribution in [3.63, 3.8) is 0 Å². The molecule has 0 spiro atoms. The molecule has 23 heavy (non-hydrogen) atoms. The lowest BCUT2D eigenvalue weighted by Gasteiger charge is -2.10. The van der Waals surface area contributed by atoms with Crippen LogP contribution in [-0.4, -0.2) is 19.9 Å². The third-order valence-electron chi connectivity index (χ3n) is 2.99. The van der Waals surface area contributed by atoms with Crippen LogP contribution in [-0.2, 0) is 11.2 Å². The van der Waals surface area contributed by atoms with Crippen molar-refractivity contribution in [2.24, 2.45) is 0 Å². The van der Waals surface area contributed by atoms with Crippen molar-refractivity contribution in [3.05, 3.63) is 46.0 Å². The lowest BCUT2D eigenvalue weighted by Crippen LogP contribution is -2.13. The summed E-state index contributed by atoms with van der Waals surface area (Å²) in [4.78, 5) is 4.43. The Bertz CT molecular complexity index is 845. The van der Waals surface area contributed by atoms with Crippen molar-refractivity contribution in [2.75, 3.05) is 0 Å². The van der Waals surface area contributed by atoms with Gasteiger partial charge in [-0.2, -0.15) is 4.98 Å². The second-order valence-electron chi connectivity index (χ2n) is 5.93. The molecule has 0 radical (unpaired) electrons. The highest BCUT2D eigenvalue weighted by atomic mass is 32.2. The Balaban J connectivity index is 1.72. The average Bonchev–Trinajstić information content (AvgIpc) is 3.12. The van der Waals surface area contributed by atoms with Gasteiger partial charge in [-0.1, -0.05) is 67.2 Å². The fourth-order valence-electron chi connectivity index (χ4n) is 1.79. The lowest BCUT2D eigenvalue weighted by molar-refractivity contribution is 0.373. The zero-order valence-electron chi connectivity index (χ0n) is 13.0. The van der Waals surface area contributed by atoms with Crippen molar-refractivity contribution in [2.45, 2.75) is 36.3 Å². The van der Waals surface area contributed by atoms with Crippen molar-refractivity contribution in [1.82, 2.24) is 19.9 Å². The summed E-state index contributed by atoms with van der Waals surface area (Å²) in [5.41, 5.74) is 0.853. The van der Waals surface area contributed by atoms with Gasteiger partial charge in [0.05, 0.1) is 11.4 Å². The zero-order valence-corrected chi connectivity index (χ0v) is 15.5. The Hall–Kier alpha value is -1.51. The predicted octanol–water partition coefficient (Wildman–Crippen LogP) is 4.64. The lowest BCUT2D eigenvalue weighted by atomic mass is 9.96. The molecule has 2 heterocycles. The highest BCUT2D eigenvalue weighted by Crippen LogP contribution is 2.27. The number of nitrogens with zero attached hydrogens (tertiary/aromatic N) is 4. The summed E-state index contributed by atoms with van der Waals surface area (Å²) in [6.45, 7) is 6.17. The molecule has 120 valence electrons. The van der Waals surface area contributed by atoms with Crippen LogP contribution in [0.5, 0.6) is 0 Å². The summed E-state index contributed by atoms with van der Waals surface area (Å²) >= 11 is 8.42. The molecule has 0 amide bonds. The molecule has 0 bridgehead atoms. The largest absolute Gasteiger partial charge is 0.338 e. The maximum absolute atomic E-state index is 5.39. The Kier molecular flexibility index (Phi) is 4.65. The highest BCUT2D eigenvalue weighted by Gasteiger charge is 2.21. The Labute approximate surface area is 147 Å². The van der Waals surface area contributed by atoms with Gasteiger partial charge in [-0.3, -0.25) is 0 Å². The Morgan fingerprint density at radius 3 is 2.65 bits per heavy atom. The van der Waals surface area contributed by atoms with Gasteiger partial charge in [-0.05, 0) is 24.4 Å². The van der Waals surface area contributed by atoms with E-state index in [1.54, 1.807) is 16.4 Å². The SMILES string of the molecule is CC(C)(C)c1noc(CSc2nn(-c3ccccc3)c(=S)s2)n1. The molecule has 0 aliphatic carbocycles. The van der Waals surface area contributed by atoms with Gasteiger partial charge in [0, 0.05) is 5.41 Å². The molecular formula is C15H16N4OS3. The van der Waals surface area contributed by atoms with E-state index in [0.717, 1.165) is 19.8 Å². The van der Waals surface area contributed by atoms with Crippen LogP contribution in [0.2, 0.25) is 0 Å². The second kappa shape index (κ2) is 6.54. The van der Waals surface area contributed by atoms with Crippen LogP contribution in [0.3, 0.4) is 0 Å². The molecular weight excluding hydrogens is 348 g/mol. The summed E-state index contributed by atoms with van der Waals surface area (Å²) < 4.78 is 8.68. The van der Waals surface area contributed by atoms with E-state index in [9.17, 15) is 0 Å². The van der Waals surface area contributed by atoms with Gasteiger partial charge >= 0.3 is 0 Å². The zero-order chi connectivity index (χ0) is 16.4. The van der Waals surface area contributed by atoms with Gasteiger partial charge in [-0.15, -0.1) is 5.10 Å². The van der Waals surface area contributed by atoms with Crippen molar-refractivity contribution in [1.29, 1.82) is 0 Å². The number of benzene rings is 1. The van der Waals surface area contributed by atoms with E-state index in [0.29, 0.717) is 11.6 Å². The fraction of sp³-hybridized carbons (Fsp3) is 0.333. The first-order valence-electron chi connectivity index (χ1n) is 7.05. The van der Waals surface area contributed by atoms with Crippen molar-refractivity contribution >= 4 is 35.3 Å². The average molecular weight is 365 g/mol. The summed E-state index contributed by atoms with van der Waals surface area (Å²) in [7, 11) is 0. The molecule has 0 fully saturated rings. The summed E-state index contributed by atoms with van der Waals surface area (Å²) in [5.74, 6) is 1.91. The molecule has 8 heteroatoms. The monoisotopic (exact) mass is 364 g/mol. The van der Waals surface area contributed by atoms with E-state index in [1.165, 1.54) is 11.3 Å². The smallest absolute Gasteiger partial charge is 0.237 e. The molecule has 0 saturated heterocycles. The van der Waals surface area contributed by atoms with Gasteiger partial charge in [0.2, 0.25) is 5.89 Å². The van der Waals surface area contributed by atoms with Crippen LogP contribution in [0.4, 0.5) is 0 Å². The minimum Gasteiger partial charge on any atom is -0.338 e. The number of hydrogen-bond donors (Lipinski definition) is 0. The molecule has 0 aliphatic rings. The molecule has 1 aromatic carbocycles. The number of hydrogen-bond acceptors (Lipinski definition) is 7. The van der Waals surface area contributed by atoms with Gasteiger partial charge in [0.1, 0.15) is 0 Å². The van der Waals surface area contributed by atoms with Gasteiger partial charge in [-0.25, -0.2) is 4.68 Å². The fourth-order valence-corrected chi connectivity index (χ4v) is 3.99. The predicted molar refractivity (Wildman–Crippen MR) is 94.8 cm³/mol. The first-order chi connectivity index (χ1) is 10.9. The van der Waals surface area contributed by atoms with E-state index in [1.807, 2.05) is 30.3 Å². The van der Waals surface area contributed by atoms with Crippen molar-refractivity contribution < 1.29 is 4.52 Å². The summed E-state index contributed by atoms with van der Waals surface area (Å²) in [5, 5.41) is 8.58. The highest BCUT2D eigenvalue weighted by molar-refractivity contribution is 8.00. The summed E-state index contributed by atoms with van der Waals surface area (Å²) in [6, 6.07) is 9.87. The standard InChI is InChI=1S/C15H16N4OS3/c1-15(2,3)12-16-11(20-18-12)9-22-13-17-19(14(21)23-13)10-7-5-4-6-8-10/h4-8H,9H2,1-3H3. The number of para-hydroxylation sites is 1. The third-order valence-corrected chi connectivity index (χ3v) is 5.34. The van der Waals surface area contributed by atoms with Gasteiger partial charge < -0.3 is 4.52 Å². The van der Waals surface area contributed by atoms with Crippen LogP contribution in [0.25, 0.3) is 5.69 Å². The topological polar surface area (TPSA) is 56.7 Å². The molecule has 0 aliphatic heterocycles. The van der Waals surface area contributed by atoms with Crippen LogP contribution < -0.4 is 0 Å². The molecule has 0 N–H and O–H groups in total. The second-order valence-corrected chi connectivity index (χ2v) is 8.78. The van der Waals surface area contributed by atoms with E-state index >= 15 is 0 Å². The van der Waals surface area contributed by atoms with E-state index < -0.39 is 0 Å². The molecule has 0 atom stereocenters. The third kappa shape index (κ3) is 3.88. The molecule has 2 aromatic heterocycles. The maximum atomic E-state index is 5.39. The molecule has 0 saturated carbocycles. The van der Waals surface area contributed by atoms with E-state index in [-0.39, 0.29) is 5.41 Å². The van der Waals surface area contributed by atoms with Gasteiger partial charge in [0.25, 0.3) is 0 Å². The molecule has 0 unspecified atom stereocenters. The Morgan fingerprint density at radius 1 is 1.26 bits per heavy atom. The number of rotatable bonds is 4. The number of aromatic nitrogens is 4. The van der Waals surface area contributed by atoms with E-state index in [2.05, 4.69) is 36.0 Å². The maximum Gasteiger partial charge on any atom is 0.237 e. The molecule has 5 nitrogen and oxygen atoms in total. The summed E-state index contributed by atoms with van der Waals surface area (Å²) in [6.07, 6.45) is 0. The normalized spacial score (nSPS) is 11.8. The minimum absolute atomic E-state index is 0.113. The van der Waals surface area contributed by atoms with Crippen LogP contribution >= 0.6 is 35.3 Å². The van der Waals surface area contributed by atoms with Crippen molar-refractivity contribution in [3.8, 4) is 5.69 Å². The van der Waals surface area contributed by atoms with Gasteiger partial charge in [0.15, 0.2) is 14.1 Å². The van der Waals surface area contributed by atoms with Crippen LogP contribution in [0.1, 0.15) is 32.5 Å². The number of thioether (sulfide) groups is 1. The first kappa shape index (κ1) is 16.4. The molecule has 3 aromatic rings. The Morgan fingerprint density at radius 2 is 2.00 bits per heavy atom. The minimum atomic E-state index is -0.113. The van der Waals surface area contributed by atoms with Crippen LogP contribution in [0.15, 0.2) is 39.2 Å².